The highest BCUT2D eigenvalue weighted by Gasteiger charge is 2.32. The molecule has 1 atom stereocenters. The van der Waals surface area contributed by atoms with Crippen LogP contribution in [0.5, 0.6) is 0 Å². The maximum atomic E-state index is 13.2. The number of nitrogens with one attached hydrogen (secondary N) is 2. The van der Waals surface area contributed by atoms with Crippen LogP contribution in [0.25, 0.3) is 33.8 Å². The number of pyridine rings is 2. The molecule has 1 saturated carbocycles. The van der Waals surface area contributed by atoms with E-state index in [1.165, 1.54) is 19.0 Å². The Kier molecular flexibility index (Phi) is 7.36. The summed E-state index contributed by atoms with van der Waals surface area (Å²) in [6.07, 6.45) is 6.04. The van der Waals surface area contributed by atoms with Crippen molar-refractivity contribution in [2.45, 2.75) is 45.2 Å². The number of imidazole rings is 1. The van der Waals surface area contributed by atoms with E-state index in [1.807, 2.05) is 18.2 Å². The van der Waals surface area contributed by atoms with Gasteiger partial charge in [-0.25, -0.2) is 14.8 Å². The molecule has 1 aliphatic heterocycles. The third-order valence-corrected chi connectivity index (χ3v) is 8.87. The molecule has 0 unspecified atom stereocenters. The summed E-state index contributed by atoms with van der Waals surface area (Å²) in [5.41, 5.74) is 3.20. The average molecular weight is 602 g/mol. The van der Waals surface area contributed by atoms with Gasteiger partial charge in [0, 0.05) is 19.3 Å². The van der Waals surface area contributed by atoms with Crippen LogP contribution in [0, 0.1) is 11.8 Å². The lowest BCUT2D eigenvalue weighted by molar-refractivity contribution is 0.0927. The number of H-pyrrole nitrogens is 2. The van der Waals surface area contributed by atoms with Crippen LogP contribution in [0.2, 0.25) is 5.02 Å². The van der Waals surface area contributed by atoms with E-state index in [0.717, 1.165) is 36.4 Å². The topological polar surface area (TPSA) is 135 Å². The molecule has 0 spiro atoms. The first-order chi connectivity index (χ1) is 20.9. The maximum Gasteiger partial charge on any atom is 0.439 e. The van der Waals surface area contributed by atoms with Crippen LogP contribution in [0.15, 0.2) is 62.8 Å². The molecule has 11 nitrogen and oxygen atoms in total. The van der Waals surface area contributed by atoms with Crippen LogP contribution in [0.4, 0.5) is 5.95 Å². The predicted octanol–water partition coefficient (Wildman–Crippen LogP) is 5.19. The Hall–Kier alpha value is -4.22. The molecule has 5 heterocycles. The van der Waals surface area contributed by atoms with Crippen molar-refractivity contribution in [1.29, 1.82) is 0 Å². The minimum atomic E-state index is -0.698. The monoisotopic (exact) mass is 601 g/mol. The van der Waals surface area contributed by atoms with Gasteiger partial charge in [0.15, 0.2) is 0 Å². The van der Waals surface area contributed by atoms with Crippen molar-refractivity contribution >= 4 is 28.6 Å². The highest BCUT2D eigenvalue weighted by molar-refractivity contribution is 6.30. The first-order valence-corrected chi connectivity index (χ1v) is 15.1. The molecule has 4 aromatic heterocycles. The minimum Gasteiger partial charge on any atom is -0.377 e. The second kappa shape index (κ2) is 11.5. The summed E-state index contributed by atoms with van der Waals surface area (Å²) in [7, 11) is 0. The van der Waals surface area contributed by atoms with E-state index < -0.39 is 5.76 Å². The van der Waals surface area contributed by atoms with Gasteiger partial charge in [-0.05, 0) is 42.4 Å². The van der Waals surface area contributed by atoms with Crippen molar-refractivity contribution in [2.75, 3.05) is 24.7 Å². The molecule has 1 aromatic carbocycles. The Balaban J connectivity index is 1.48. The minimum absolute atomic E-state index is 0.0470. The summed E-state index contributed by atoms with van der Waals surface area (Å²) in [6, 6.07) is 13.6. The molecule has 0 bridgehead atoms. The standard InChI is InChI=1S/C31H32ClN7O4/c1-18-7-9-19(10-8-18)16-39-27-23(35-30(39)38-11-12-42-17-25(38)20-5-3-2-4-6-20)14-24(28-36-31(41)43-37-28)34-26(27)22-13-21(32)15-33-29(22)40/h2-6,13-15,18-19,25H,7-12,16-17H2,1H3,(H,33,40)(H,36,37,41)/t18?,19?,25-/m0/s1. The van der Waals surface area contributed by atoms with Crippen molar-refractivity contribution < 1.29 is 9.26 Å². The zero-order valence-corrected chi connectivity index (χ0v) is 24.5. The van der Waals surface area contributed by atoms with Crippen molar-refractivity contribution in [2.24, 2.45) is 11.8 Å². The fourth-order valence-electron chi connectivity index (χ4n) is 6.38. The predicted molar refractivity (Wildman–Crippen MR) is 163 cm³/mol. The summed E-state index contributed by atoms with van der Waals surface area (Å²) < 4.78 is 13.0. The van der Waals surface area contributed by atoms with Gasteiger partial charge < -0.3 is 19.2 Å². The maximum absolute atomic E-state index is 13.2. The van der Waals surface area contributed by atoms with E-state index in [-0.39, 0.29) is 17.4 Å². The molecular formula is C31H32ClN7O4. The van der Waals surface area contributed by atoms with Crippen molar-refractivity contribution in [3.63, 3.8) is 0 Å². The van der Waals surface area contributed by atoms with Gasteiger partial charge in [0.25, 0.3) is 5.56 Å². The number of nitrogens with zero attached hydrogens (tertiary/aromatic N) is 5. The zero-order valence-electron chi connectivity index (χ0n) is 23.8. The number of aromatic nitrogens is 6. The van der Waals surface area contributed by atoms with Crippen molar-refractivity contribution in [3.05, 3.63) is 80.2 Å². The first kappa shape index (κ1) is 27.6. The smallest absolute Gasteiger partial charge is 0.377 e. The van der Waals surface area contributed by atoms with Crippen LogP contribution in [-0.2, 0) is 11.3 Å². The molecule has 1 aliphatic carbocycles. The summed E-state index contributed by atoms with van der Waals surface area (Å²) in [5.74, 6) is 1.40. The third-order valence-electron chi connectivity index (χ3n) is 8.66. The molecule has 7 rings (SSSR count). The lowest BCUT2D eigenvalue weighted by Crippen LogP contribution is -2.41. The molecule has 222 valence electrons. The molecule has 0 radical (unpaired) electrons. The second-order valence-electron chi connectivity index (χ2n) is 11.6. The van der Waals surface area contributed by atoms with Crippen LogP contribution in [0.3, 0.4) is 0 Å². The molecule has 2 N–H and O–H groups in total. The Labute approximate surface area is 251 Å². The molecule has 43 heavy (non-hydrogen) atoms. The van der Waals surface area contributed by atoms with Gasteiger partial charge in [-0.3, -0.25) is 14.3 Å². The molecule has 12 heteroatoms. The summed E-state index contributed by atoms with van der Waals surface area (Å²) >= 11 is 6.38. The number of aromatic amines is 2. The Morgan fingerprint density at radius 2 is 1.88 bits per heavy atom. The number of anilines is 1. The fourth-order valence-corrected chi connectivity index (χ4v) is 6.55. The molecule has 5 aromatic rings. The van der Waals surface area contributed by atoms with E-state index >= 15 is 0 Å². The highest BCUT2D eigenvalue weighted by atomic mass is 35.5. The van der Waals surface area contributed by atoms with Crippen LogP contribution in [0.1, 0.15) is 44.2 Å². The summed E-state index contributed by atoms with van der Waals surface area (Å²) in [6.45, 7) is 4.78. The number of morpholine rings is 1. The molecule has 1 saturated heterocycles. The van der Waals surface area contributed by atoms with E-state index in [2.05, 4.69) is 43.6 Å². The summed E-state index contributed by atoms with van der Waals surface area (Å²) in [4.78, 5) is 42.8. The fraction of sp³-hybridized carbons (Fsp3) is 0.387. The van der Waals surface area contributed by atoms with E-state index in [0.29, 0.717) is 59.1 Å². The third kappa shape index (κ3) is 5.38. The molecular weight excluding hydrogens is 570 g/mol. The SMILES string of the molecule is CC1CCC(Cn2c(N3CCOC[C@H]3c3ccccc3)nc3cc(-c4noc(=O)[nH]4)nc(-c4cc(Cl)c[nH]c4=O)c32)CC1. The number of halogens is 1. The number of ether oxygens (including phenoxy) is 1. The molecule has 0 amide bonds. The van der Waals surface area contributed by atoms with Crippen LogP contribution >= 0.6 is 11.6 Å². The average Bonchev–Trinajstić information content (AvgIpc) is 3.63. The van der Waals surface area contributed by atoms with Crippen LogP contribution in [-0.4, -0.2) is 49.4 Å². The van der Waals surface area contributed by atoms with Gasteiger partial charge in [0.2, 0.25) is 11.8 Å². The zero-order chi connectivity index (χ0) is 29.5. The van der Waals surface area contributed by atoms with Crippen LogP contribution < -0.4 is 16.2 Å². The molecule has 2 aliphatic rings. The Morgan fingerprint density at radius 3 is 2.65 bits per heavy atom. The van der Waals surface area contributed by atoms with Crippen molar-refractivity contribution in [3.8, 4) is 22.8 Å². The molecule has 2 fully saturated rings. The van der Waals surface area contributed by atoms with Gasteiger partial charge in [-0.2, -0.15) is 0 Å². The number of rotatable bonds is 6. The van der Waals surface area contributed by atoms with Gasteiger partial charge in [-0.15, -0.1) is 0 Å². The van der Waals surface area contributed by atoms with E-state index in [4.69, 9.17) is 30.8 Å². The quantitative estimate of drug-likeness (QED) is 0.272. The largest absolute Gasteiger partial charge is 0.439 e. The van der Waals surface area contributed by atoms with E-state index in [1.54, 1.807) is 12.1 Å². The second-order valence-corrected chi connectivity index (χ2v) is 12.0. The Morgan fingerprint density at radius 1 is 1.07 bits per heavy atom. The van der Waals surface area contributed by atoms with Gasteiger partial charge in [0.05, 0.1) is 40.9 Å². The lowest BCUT2D eigenvalue weighted by atomic mass is 9.83. The normalized spacial score (nSPS) is 21.0. The van der Waals surface area contributed by atoms with Crippen molar-refractivity contribution in [1.82, 2.24) is 29.7 Å². The number of benzene rings is 1. The number of hydrogen-bond donors (Lipinski definition) is 2. The van der Waals surface area contributed by atoms with E-state index in [9.17, 15) is 9.59 Å². The Bertz CT molecular complexity index is 1870. The lowest BCUT2D eigenvalue weighted by Gasteiger charge is -2.37. The first-order valence-electron chi connectivity index (χ1n) is 14.7. The van der Waals surface area contributed by atoms with Gasteiger partial charge >= 0.3 is 5.76 Å². The summed E-state index contributed by atoms with van der Waals surface area (Å²) in [5, 5.41) is 4.23. The van der Waals surface area contributed by atoms with Gasteiger partial charge in [0.1, 0.15) is 11.4 Å². The number of hydrogen-bond acceptors (Lipinski definition) is 8. The van der Waals surface area contributed by atoms with Gasteiger partial charge in [-0.1, -0.05) is 66.9 Å². The number of fused-ring (bicyclic) bond motifs is 1. The highest BCUT2D eigenvalue weighted by Crippen LogP contribution is 2.39.